The van der Waals surface area contributed by atoms with Crippen LogP contribution in [-0.2, 0) is 4.74 Å². The minimum absolute atomic E-state index is 0.256. The Morgan fingerprint density at radius 1 is 1.21 bits per heavy atom. The summed E-state index contributed by atoms with van der Waals surface area (Å²) in [7, 11) is 1.25. The predicted octanol–water partition coefficient (Wildman–Crippen LogP) is 1.96. The molecule has 0 bridgehead atoms. The van der Waals surface area contributed by atoms with Gasteiger partial charge in [-0.3, -0.25) is 4.79 Å². The first-order chi connectivity index (χ1) is 9.04. The van der Waals surface area contributed by atoms with Gasteiger partial charge in [-0.1, -0.05) is 19.1 Å². The van der Waals surface area contributed by atoms with Crippen LogP contribution >= 0.6 is 0 Å². The number of hydrogen-bond acceptors (Lipinski definition) is 5. The first-order valence-electron chi connectivity index (χ1n) is 5.57. The van der Waals surface area contributed by atoms with Gasteiger partial charge in [0, 0.05) is 11.5 Å². The van der Waals surface area contributed by atoms with E-state index in [9.17, 15) is 9.59 Å². The van der Waals surface area contributed by atoms with Gasteiger partial charge in [-0.15, -0.1) is 0 Å². The van der Waals surface area contributed by atoms with Crippen LogP contribution in [-0.4, -0.2) is 18.9 Å². The van der Waals surface area contributed by atoms with Crippen LogP contribution in [0.3, 0.4) is 0 Å². The molecule has 0 fully saturated rings. The van der Waals surface area contributed by atoms with Crippen molar-refractivity contribution in [2.24, 2.45) is 11.8 Å². The monoisotopic (exact) mass is 256 g/mol. The van der Waals surface area contributed by atoms with Gasteiger partial charge in [0.05, 0.1) is 24.8 Å². The van der Waals surface area contributed by atoms with Crippen molar-refractivity contribution in [3.05, 3.63) is 35.4 Å². The second-order valence-corrected chi connectivity index (χ2v) is 3.96. The lowest BCUT2D eigenvalue weighted by Crippen LogP contribution is -2.19. The van der Waals surface area contributed by atoms with Crippen LogP contribution < -0.4 is 0 Å². The third kappa shape index (κ3) is 3.17. The summed E-state index contributed by atoms with van der Waals surface area (Å²) in [6, 6.07) is 9.57. The van der Waals surface area contributed by atoms with Crippen LogP contribution in [0.2, 0.25) is 0 Å². The number of nitrogens with zero attached hydrogens (tertiary/aromatic N) is 2. The number of ketones is 1. The van der Waals surface area contributed by atoms with E-state index in [-0.39, 0.29) is 16.9 Å². The van der Waals surface area contributed by atoms with Gasteiger partial charge in [0.2, 0.25) is 0 Å². The van der Waals surface area contributed by atoms with Crippen molar-refractivity contribution < 1.29 is 14.3 Å². The first-order valence-corrected chi connectivity index (χ1v) is 5.57. The van der Waals surface area contributed by atoms with Gasteiger partial charge in [-0.25, -0.2) is 4.79 Å². The average Bonchev–Trinajstić information content (AvgIpc) is 2.46. The molecule has 0 aromatic heterocycles. The molecule has 0 N–H and O–H groups in total. The number of ether oxygens (including phenoxy) is 1. The summed E-state index contributed by atoms with van der Waals surface area (Å²) in [5.41, 5.74) is 0.539. The highest BCUT2D eigenvalue weighted by atomic mass is 16.5. The zero-order valence-electron chi connectivity index (χ0n) is 10.6. The highest BCUT2D eigenvalue weighted by Crippen LogP contribution is 2.18. The molecule has 0 saturated carbocycles. The number of benzene rings is 1. The molecule has 0 aliphatic heterocycles. The fourth-order valence-corrected chi connectivity index (χ4v) is 1.58. The largest absolute Gasteiger partial charge is 0.465 e. The van der Waals surface area contributed by atoms with Crippen LogP contribution in [0.5, 0.6) is 0 Å². The zero-order chi connectivity index (χ0) is 14.4. The van der Waals surface area contributed by atoms with E-state index in [0.29, 0.717) is 0 Å². The van der Waals surface area contributed by atoms with Crippen LogP contribution in [0.4, 0.5) is 0 Å². The van der Waals surface area contributed by atoms with Crippen LogP contribution in [0.1, 0.15) is 27.6 Å². The molecule has 0 saturated heterocycles. The molecule has 19 heavy (non-hydrogen) atoms. The number of carbonyl (C=O) groups excluding carboxylic acids is 2. The molecule has 5 heteroatoms. The lowest BCUT2D eigenvalue weighted by atomic mass is 9.88. The Balaban J connectivity index is 3.05. The second kappa shape index (κ2) is 6.32. The molecule has 0 heterocycles. The number of methoxy groups -OCH3 is 1. The van der Waals surface area contributed by atoms with Gasteiger partial charge >= 0.3 is 5.97 Å². The summed E-state index contributed by atoms with van der Waals surface area (Å²) in [5, 5.41) is 17.5. The minimum Gasteiger partial charge on any atom is -0.465 e. The Labute approximate surface area is 111 Å². The van der Waals surface area contributed by atoms with Gasteiger partial charge in [0.25, 0.3) is 0 Å². The van der Waals surface area contributed by atoms with E-state index in [1.54, 1.807) is 18.2 Å². The number of hydrogen-bond donors (Lipinski definition) is 0. The Kier molecular flexibility index (Phi) is 4.79. The van der Waals surface area contributed by atoms with Gasteiger partial charge in [-0.2, -0.15) is 10.5 Å². The molecule has 1 aromatic rings. The Morgan fingerprint density at radius 3 is 2.32 bits per heavy atom. The number of rotatable bonds is 4. The molecule has 1 unspecified atom stereocenters. The Hall–Kier alpha value is -2.66. The summed E-state index contributed by atoms with van der Waals surface area (Å²) in [6.07, 6.45) is 0. The molecule has 5 nitrogen and oxygen atoms in total. The second-order valence-electron chi connectivity index (χ2n) is 3.96. The van der Waals surface area contributed by atoms with Crippen LogP contribution in [0, 0.1) is 34.5 Å². The zero-order valence-corrected chi connectivity index (χ0v) is 10.6. The maximum Gasteiger partial charge on any atom is 0.337 e. The third-order valence-electron chi connectivity index (χ3n) is 2.76. The summed E-state index contributed by atoms with van der Waals surface area (Å²) in [5.74, 6) is -2.64. The molecule has 1 aromatic carbocycles. The number of Topliss-reactive ketones (excluding diaryl/α,β-unsaturated/α-hetero) is 1. The van der Waals surface area contributed by atoms with Crippen molar-refractivity contribution in [3.8, 4) is 12.1 Å². The molecule has 0 spiro atoms. The lowest BCUT2D eigenvalue weighted by molar-refractivity contribution is 0.0600. The SMILES string of the molecule is COC(=O)c1cccc(C(=O)C(C)C(C#N)C#N)c1. The van der Waals surface area contributed by atoms with E-state index >= 15 is 0 Å². The topological polar surface area (TPSA) is 90.9 Å². The maximum absolute atomic E-state index is 12.1. The first kappa shape index (κ1) is 14.4. The summed E-state index contributed by atoms with van der Waals surface area (Å²) in [4.78, 5) is 23.5. The van der Waals surface area contributed by atoms with E-state index in [4.69, 9.17) is 10.5 Å². The molecule has 0 aliphatic rings. The number of esters is 1. The molecular formula is C14H12N2O3. The normalized spacial score (nSPS) is 11.2. The molecule has 0 radical (unpaired) electrons. The number of carbonyl (C=O) groups is 2. The van der Waals surface area contributed by atoms with E-state index in [1.165, 1.54) is 32.2 Å². The van der Waals surface area contributed by atoms with Gasteiger partial charge in [0.15, 0.2) is 5.78 Å². The van der Waals surface area contributed by atoms with E-state index in [1.807, 2.05) is 0 Å². The maximum atomic E-state index is 12.1. The lowest BCUT2D eigenvalue weighted by Gasteiger charge is -2.11. The van der Waals surface area contributed by atoms with Crippen molar-refractivity contribution in [2.45, 2.75) is 6.92 Å². The smallest absolute Gasteiger partial charge is 0.337 e. The van der Waals surface area contributed by atoms with E-state index in [2.05, 4.69) is 4.74 Å². The molecule has 0 aliphatic carbocycles. The van der Waals surface area contributed by atoms with Crippen molar-refractivity contribution in [1.82, 2.24) is 0 Å². The highest BCUT2D eigenvalue weighted by molar-refractivity contribution is 6.00. The van der Waals surface area contributed by atoms with E-state index in [0.717, 1.165) is 0 Å². The van der Waals surface area contributed by atoms with E-state index < -0.39 is 17.8 Å². The summed E-state index contributed by atoms with van der Waals surface area (Å²) in [6.45, 7) is 1.52. The van der Waals surface area contributed by atoms with Gasteiger partial charge in [-0.05, 0) is 12.1 Å². The Morgan fingerprint density at radius 2 is 1.79 bits per heavy atom. The number of nitriles is 2. The minimum atomic E-state index is -1.01. The third-order valence-corrected chi connectivity index (χ3v) is 2.76. The van der Waals surface area contributed by atoms with Gasteiger partial charge < -0.3 is 4.74 Å². The fourth-order valence-electron chi connectivity index (χ4n) is 1.58. The highest BCUT2D eigenvalue weighted by Gasteiger charge is 2.25. The molecule has 1 rings (SSSR count). The summed E-state index contributed by atoms with van der Waals surface area (Å²) >= 11 is 0. The molecule has 0 amide bonds. The van der Waals surface area contributed by atoms with Crippen LogP contribution in [0.25, 0.3) is 0 Å². The molecular weight excluding hydrogens is 244 g/mol. The molecule has 96 valence electrons. The van der Waals surface area contributed by atoms with Crippen molar-refractivity contribution >= 4 is 11.8 Å². The van der Waals surface area contributed by atoms with Crippen molar-refractivity contribution in [1.29, 1.82) is 10.5 Å². The molecule has 1 atom stereocenters. The average molecular weight is 256 g/mol. The van der Waals surface area contributed by atoms with Gasteiger partial charge in [0.1, 0.15) is 5.92 Å². The summed E-state index contributed by atoms with van der Waals surface area (Å²) < 4.78 is 4.57. The standard InChI is InChI=1S/C14H12N2O3/c1-9(12(7-15)8-16)13(17)10-4-3-5-11(6-10)14(18)19-2/h3-6,9,12H,1-2H3. The van der Waals surface area contributed by atoms with Crippen molar-refractivity contribution in [3.63, 3.8) is 0 Å². The quantitative estimate of drug-likeness (QED) is 0.606. The fraction of sp³-hybridized carbons (Fsp3) is 0.286. The van der Waals surface area contributed by atoms with Crippen molar-refractivity contribution in [2.75, 3.05) is 7.11 Å². The predicted molar refractivity (Wildman–Crippen MR) is 66.0 cm³/mol. The Bertz CT molecular complexity index is 567. The van der Waals surface area contributed by atoms with Crippen LogP contribution in [0.15, 0.2) is 24.3 Å².